The maximum absolute atomic E-state index is 13.0. The van der Waals surface area contributed by atoms with E-state index in [4.69, 9.17) is 4.74 Å². The zero-order valence-corrected chi connectivity index (χ0v) is 15.6. The van der Waals surface area contributed by atoms with Crippen molar-refractivity contribution in [3.05, 3.63) is 51.2 Å². The average Bonchev–Trinajstić information content (AvgIpc) is 3.34. The van der Waals surface area contributed by atoms with Crippen LogP contribution >= 0.6 is 11.3 Å². The highest BCUT2D eigenvalue weighted by molar-refractivity contribution is 7.10. The van der Waals surface area contributed by atoms with E-state index in [0.29, 0.717) is 24.4 Å². The van der Waals surface area contributed by atoms with Gasteiger partial charge in [0.25, 0.3) is 11.8 Å². The van der Waals surface area contributed by atoms with E-state index in [9.17, 15) is 9.59 Å². The number of fused-ring (bicyclic) bond motifs is 1. The van der Waals surface area contributed by atoms with Gasteiger partial charge in [-0.25, -0.2) is 0 Å². The van der Waals surface area contributed by atoms with E-state index in [1.807, 2.05) is 30.0 Å². The normalized spacial score (nSPS) is 19.3. The van der Waals surface area contributed by atoms with Gasteiger partial charge < -0.3 is 15.0 Å². The molecule has 0 saturated carbocycles. The summed E-state index contributed by atoms with van der Waals surface area (Å²) in [5.41, 5.74) is 3.38. The lowest BCUT2D eigenvalue weighted by Crippen LogP contribution is -2.36. The van der Waals surface area contributed by atoms with Gasteiger partial charge in [-0.2, -0.15) is 0 Å². The standard InChI is InChI=1S/C20H22N2O3S/c1-13-15(20(24)22-9-7-18-14(12-22)8-11-26-18)4-2-5-16(13)21-19(23)17-6-3-10-25-17/h2,4-5,8,11,17H,3,6-7,9-10,12H2,1H3,(H,21,23)/t17-/m1/s1. The average molecular weight is 370 g/mol. The summed E-state index contributed by atoms with van der Waals surface area (Å²) < 4.78 is 5.44. The van der Waals surface area contributed by atoms with Crippen LogP contribution in [-0.2, 0) is 22.5 Å². The van der Waals surface area contributed by atoms with E-state index < -0.39 is 0 Å². The molecule has 0 radical (unpaired) electrons. The number of rotatable bonds is 3. The Morgan fingerprint density at radius 3 is 3.00 bits per heavy atom. The Kier molecular flexibility index (Phi) is 4.78. The molecule has 2 aromatic rings. The van der Waals surface area contributed by atoms with Gasteiger partial charge in [0.2, 0.25) is 0 Å². The Hall–Kier alpha value is -2.18. The van der Waals surface area contributed by atoms with Crippen LogP contribution in [0.15, 0.2) is 29.6 Å². The number of ether oxygens (including phenoxy) is 1. The SMILES string of the molecule is Cc1c(NC(=O)[C@H]2CCCO2)cccc1C(=O)N1CCc2sccc2C1. The number of benzene rings is 1. The second-order valence-electron chi connectivity index (χ2n) is 6.81. The molecule has 0 unspecified atom stereocenters. The molecule has 2 aliphatic heterocycles. The van der Waals surface area contributed by atoms with Crippen LogP contribution in [0, 0.1) is 6.92 Å². The Labute approximate surface area is 157 Å². The van der Waals surface area contributed by atoms with Gasteiger partial charge in [-0.1, -0.05) is 6.07 Å². The monoisotopic (exact) mass is 370 g/mol. The molecule has 136 valence electrons. The van der Waals surface area contributed by atoms with Crippen molar-refractivity contribution in [2.24, 2.45) is 0 Å². The van der Waals surface area contributed by atoms with Gasteiger partial charge in [0.15, 0.2) is 0 Å². The molecule has 6 heteroatoms. The number of amides is 2. The molecule has 26 heavy (non-hydrogen) atoms. The highest BCUT2D eigenvalue weighted by Gasteiger charge is 2.26. The highest BCUT2D eigenvalue weighted by atomic mass is 32.1. The second kappa shape index (κ2) is 7.21. The molecule has 1 N–H and O–H groups in total. The topological polar surface area (TPSA) is 58.6 Å². The minimum atomic E-state index is -0.382. The lowest BCUT2D eigenvalue weighted by molar-refractivity contribution is -0.124. The number of carbonyl (C=O) groups excluding carboxylic acids is 2. The van der Waals surface area contributed by atoms with Crippen molar-refractivity contribution in [1.29, 1.82) is 0 Å². The molecule has 1 saturated heterocycles. The van der Waals surface area contributed by atoms with Crippen molar-refractivity contribution >= 4 is 28.8 Å². The van der Waals surface area contributed by atoms with Crippen LogP contribution in [0.25, 0.3) is 0 Å². The van der Waals surface area contributed by atoms with Crippen molar-refractivity contribution < 1.29 is 14.3 Å². The van der Waals surface area contributed by atoms with E-state index in [0.717, 1.165) is 31.4 Å². The van der Waals surface area contributed by atoms with Crippen LogP contribution in [0.5, 0.6) is 0 Å². The van der Waals surface area contributed by atoms with Crippen LogP contribution in [-0.4, -0.2) is 36.0 Å². The minimum Gasteiger partial charge on any atom is -0.368 e. The highest BCUT2D eigenvalue weighted by Crippen LogP contribution is 2.27. The third-order valence-electron chi connectivity index (χ3n) is 5.14. The first-order valence-corrected chi connectivity index (χ1v) is 9.88. The van der Waals surface area contributed by atoms with Crippen molar-refractivity contribution in [1.82, 2.24) is 4.90 Å². The maximum Gasteiger partial charge on any atom is 0.254 e. The number of nitrogens with zero attached hydrogens (tertiary/aromatic N) is 1. The number of hydrogen-bond acceptors (Lipinski definition) is 4. The van der Waals surface area contributed by atoms with Gasteiger partial charge in [0.1, 0.15) is 6.10 Å². The summed E-state index contributed by atoms with van der Waals surface area (Å²) in [6.45, 7) is 3.91. The molecule has 0 aliphatic carbocycles. The van der Waals surface area contributed by atoms with Gasteiger partial charge in [0.05, 0.1) is 0 Å². The third kappa shape index (κ3) is 3.27. The van der Waals surface area contributed by atoms with Crippen molar-refractivity contribution in [2.45, 2.75) is 38.8 Å². The van der Waals surface area contributed by atoms with Crippen molar-refractivity contribution in [2.75, 3.05) is 18.5 Å². The lowest BCUT2D eigenvalue weighted by atomic mass is 10.0. The zero-order valence-electron chi connectivity index (χ0n) is 14.8. The predicted molar refractivity (Wildman–Crippen MR) is 102 cm³/mol. The van der Waals surface area contributed by atoms with Crippen molar-refractivity contribution in [3.63, 3.8) is 0 Å². The first-order chi connectivity index (χ1) is 12.6. The van der Waals surface area contributed by atoms with E-state index in [1.54, 1.807) is 11.3 Å². The molecule has 1 aromatic carbocycles. The number of nitrogens with one attached hydrogen (secondary N) is 1. The Morgan fingerprint density at radius 2 is 2.19 bits per heavy atom. The van der Waals surface area contributed by atoms with Gasteiger partial charge >= 0.3 is 0 Å². The zero-order chi connectivity index (χ0) is 18.1. The van der Waals surface area contributed by atoms with E-state index in [2.05, 4.69) is 16.8 Å². The molecule has 0 bridgehead atoms. The fraction of sp³-hybridized carbons (Fsp3) is 0.400. The quantitative estimate of drug-likeness (QED) is 0.901. The third-order valence-corrected chi connectivity index (χ3v) is 6.16. The molecule has 1 aromatic heterocycles. The number of hydrogen-bond donors (Lipinski definition) is 1. The second-order valence-corrected chi connectivity index (χ2v) is 7.82. The fourth-order valence-electron chi connectivity index (χ4n) is 3.59. The molecular formula is C20H22N2O3S. The Balaban J connectivity index is 1.52. The lowest BCUT2D eigenvalue weighted by Gasteiger charge is -2.28. The summed E-state index contributed by atoms with van der Waals surface area (Å²) in [7, 11) is 0. The molecule has 5 nitrogen and oxygen atoms in total. The van der Waals surface area contributed by atoms with Crippen LogP contribution in [0.3, 0.4) is 0 Å². The number of anilines is 1. The smallest absolute Gasteiger partial charge is 0.254 e. The largest absolute Gasteiger partial charge is 0.368 e. The summed E-state index contributed by atoms with van der Waals surface area (Å²) in [6, 6.07) is 7.60. The predicted octanol–water partition coefficient (Wildman–Crippen LogP) is 3.37. The summed E-state index contributed by atoms with van der Waals surface area (Å²) in [5.74, 6) is -0.108. The Morgan fingerprint density at radius 1 is 1.31 bits per heavy atom. The maximum atomic E-state index is 13.0. The van der Waals surface area contributed by atoms with E-state index in [-0.39, 0.29) is 17.9 Å². The molecule has 2 aliphatic rings. The minimum absolute atomic E-state index is 0.0209. The van der Waals surface area contributed by atoms with Gasteiger partial charge in [0, 0.05) is 35.8 Å². The number of thiophene rings is 1. The van der Waals surface area contributed by atoms with Crippen LogP contribution in [0.1, 0.15) is 39.2 Å². The molecule has 2 amide bonds. The fourth-order valence-corrected chi connectivity index (χ4v) is 4.48. The summed E-state index contributed by atoms with van der Waals surface area (Å²) in [6.07, 6.45) is 2.19. The number of carbonyl (C=O) groups is 2. The first-order valence-electron chi connectivity index (χ1n) is 9.00. The molecule has 1 fully saturated rings. The van der Waals surface area contributed by atoms with Gasteiger partial charge in [-0.15, -0.1) is 11.3 Å². The molecule has 3 heterocycles. The summed E-state index contributed by atoms with van der Waals surface area (Å²) in [5, 5.41) is 5.02. The molecular weight excluding hydrogens is 348 g/mol. The van der Waals surface area contributed by atoms with Gasteiger partial charge in [-0.05, 0) is 60.9 Å². The van der Waals surface area contributed by atoms with Crippen LogP contribution in [0.2, 0.25) is 0 Å². The molecule has 1 atom stereocenters. The van der Waals surface area contributed by atoms with E-state index >= 15 is 0 Å². The summed E-state index contributed by atoms with van der Waals surface area (Å²) in [4.78, 5) is 28.6. The van der Waals surface area contributed by atoms with E-state index in [1.165, 1.54) is 10.4 Å². The molecule has 4 rings (SSSR count). The first kappa shape index (κ1) is 17.2. The van der Waals surface area contributed by atoms with Gasteiger partial charge in [-0.3, -0.25) is 9.59 Å². The molecule has 0 spiro atoms. The van der Waals surface area contributed by atoms with Crippen molar-refractivity contribution in [3.8, 4) is 0 Å². The van der Waals surface area contributed by atoms with Crippen LogP contribution in [0.4, 0.5) is 5.69 Å². The summed E-state index contributed by atoms with van der Waals surface area (Å²) >= 11 is 1.76. The van der Waals surface area contributed by atoms with Crippen LogP contribution < -0.4 is 5.32 Å². The Bertz CT molecular complexity index is 839.